The Hall–Kier alpha value is -3.45. The Balaban J connectivity index is 1.42. The lowest BCUT2D eigenvalue weighted by molar-refractivity contribution is -0.130. The molecule has 2 amide bonds. The van der Waals surface area contributed by atoms with Gasteiger partial charge >= 0.3 is 0 Å². The number of nitrogens with zero attached hydrogens (tertiary/aromatic N) is 2. The molecular formula is C25H23N3O3S. The minimum atomic E-state index is -0.309. The summed E-state index contributed by atoms with van der Waals surface area (Å²) in [5.74, 6) is -0.161. The minimum absolute atomic E-state index is 0.0189. The van der Waals surface area contributed by atoms with E-state index in [4.69, 9.17) is 0 Å². The van der Waals surface area contributed by atoms with E-state index in [-0.39, 0.29) is 34.9 Å². The van der Waals surface area contributed by atoms with Gasteiger partial charge in [-0.25, -0.2) is 0 Å². The van der Waals surface area contributed by atoms with Gasteiger partial charge in [0.1, 0.15) is 5.70 Å². The summed E-state index contributed by atoms with van der Waals surface area (Å²) in [7, 11) is 0. The van der Waals surface area contributed by atoms with Crippen LogP contribution in [0.1, 0.15) is 33.3 Å². The van der Waals surface area contributed by atoms with Gasteiger partial charge in [0, 0.05) is 47.8 Å². The fourth-order valence-electron chi connectivity index (χ4n) is 4.68. The Kier molecular flexibility index (Phi) is 5.49. The molecule has 3 aromatic rings. The van der Waals surface area contributed by atoms with E-state index in [0.717, 1.165) is 17.0 Å². The molecule has 5 rings (SSSR count). The summed E-state index contributed by atoms with van der Waals surface area (Å²) >= 11 is 1.51. The number of hydrogen-bond acceptors (Lipinski definition) is 4. The first kappa shape index (κ1) is 20.5. The molecule has 0 spiro atoms. The minimum Gasteiger partial charge on any atom is -0.336 e. The molecular weight excluding hydrogens is 422 g/mol. The summed E-state index contributed by atoms with van der Waals surface area (Å²) in [5, 5.41) is 4.78. The highest BCUT2D eigenvalue weighted by Gasteiger charge is 2.37. The van der Waals surface area contributed by atoms with Crippen molar-refractivity contribution < 1.29 is 9.59 Å². The van der Waals surface area contributed by atoms with Gasteiger partial charge in [0.25, 0.3) is 17.4 Å². The first-order valence-corrected chi connectivity index (χ1v) is 11.6. The lowest BCUT2D eigenvalue weighted by atomic mass is 9.83. The molecule has 2 unspecified atom stereocenters. The Bertz CT molecular complexity index is 1230. The summed E-state index contributed by atoms with van der Waals surface area (Å²) in [6.07, 6.45) is 2.71. The largest absolute Gasteiger partial charge is 0.336 e. The molecule has 7 heteroatoms. The molecule has 2 aliphatic heterocycles. The van der Waals surface area contributed by atoms with Crippen molar-refractivity contribution in [1.29, 1.82) is 0 Å². The van der Waals surface area contributed by atoms with Gasteiger partial charge in [0.2, 0.25) is 0 Å². The standard InChI is InChI=1S/C25H23N3O3S/c29-23-10-4-9-22-19-12-17(15-28(22)23)14-27(16-19)25(31)21(13-20-8-5-11-32-20)26-24(30)18-6-2-1-3-7-18/h1-11,13,17,19H,12,14-16H2,(H,26,30)/b21-13-. The predicted molar refractivity (Wildman–Crippen MR) is 124 cm³/mol. The van der Waals surface area contributed by atoms with Crippen LogP contribution >= 0.6 is 11.3 Å². The van der Waals surface area contributed by atoms with E-state index in [1.165, 1.54) is 11.3 Å². The number of nitrogens with one attached hydrogen (secondary N) is 1. The number of benzene rings is 1. The number of amides is 2. The number of rotatable bonds is 4. The predicted octanol–water partition coefficient (Wildman–Crippen LogP) is 3.33. The van der Waals surface area contributed by atoms with E-state index in [2.05, 4.69) is 5.32 Å². The smallest absolute Gasteiger partial charge is 0.270 e. The molecule has 2 aliphatic rings. The van der Waals surface area contributed by atoms with Crippen LogP contribution in [0.15, 0.2) is 76.5 Å². The first-order valence-electron chi connectivity index (χ1n) is 10.7. The highest BCUT2D eigenvalue weighted by atomic mass is 32.1. The zero-order valence-electron chi connectivity index (χ0n) is 17.4. The van der Waals surface area contributed by atoms with Gasteiger partial charge in [0.15, 0.2) is 0 Å². The Morgan fingerprint density at radius 3 is 2.59 bits per heavy atom. The highest BCUT2D eigenvalue weighted by molar-refractivity contribution is 7.10. The van der Waals surface area contributed by atoms with Gasteiger partial charge in [-0.1, -0.05) is 30.3 Å². The topological polar surface area (TPSA) is 71.4 Å². The number of pyridine rings is 1. The molecule has 1 N–H and O–H groups in total. The van der Waals surface area contributed by atoms with Crippen molar-refractivity contribution in [3.05, 3.63) is 98.2 Å². The zero-order valence-corrected chi connectivity index (χ0v) is 18.3. The van der Waals surface area contributed by atoms with Crippen LogP contribution in [0.3, 0.4) is 0 Å². The molecule has 1 saturated heterocycles. The molecule has 4 heterocycles. The second-order valence-electron chi connectivity index (χ2n) is 8.30. The van der Waals surface area contributed by atoms with E-state index >= 15 is 0 Å². The fraction of sp³-hybridized carbons (Fsp3) is 0.240. The normalized spacial score (nSPS) is 19.9. The van der Waals surface area contributed by atoms with Crippen molar-refractivity contribution in [2.45, 2.75) is 18.9 Å². The van der Waals surface area contributed by atoms with Gasteiger partial charge in [0.05, 0.1) is 0 Å². The lowest BCUT2D eigenvalue weighted by Crippen LogP contribution is -2.50. The summed E-state index contributed by atoms with van der Waals surface area (Å²) < 4.78 is 1.85. The van der Waals surface area contributed by atoms with E-state index in [1.807, 2.05) is 39.1 Å². The Morgan fingerprint density at radius 2 is 1.81 bits per heavy atom. The monoisotopic (exact) mass is 445 g/mol. The first-order chi connectivity index (χ1) is 15.6. The Labute approximate surface area is 189 Å². The zero-order chi connectivity index (χ0) is 22.1. The average Bonchev–Trinajstić information content (AvgIpc) is 3.32. The van der Waals surface area contributed by atoms with Crippen molar-refractivity contribution in [3.8, 4) is 0 Å². The van der Waals surface area contributed by atoms with Gasteiger partial charge < -0.3 is 14.8 Å². The maximum atomic E-state index is 13.6. The molecule has 162 valence electrons. The summed E-state index contributed by atoms with van der Waals surface area (Å²) in [6, 6.07) is 18.1. The van der Waals surface area contributed by atoms with Crippen LogP contribution in [0.4, 0.5) is 0 Å². The Morgan fingerprint density at radius 1 is 0.969 bits per heavy atom. The van der Waals surface area contributed by atoms with Gasteiger partial charge in [-0.2, -0.15) is 0 Å². The van der Waals surface area contributed by atoms with Gasteiger partial charge in [-0.05, 0) is 48.1 Å². The lowest BCUT2D eigenvalue weighted by Gasteiger charge is -2.43. The number of likely N-dealkylation sites (tertiary alicyclic amines) is 1. The number of aromatic nitrogens is 1. The van der Waals surface area contributed by atoms with Crippen LogP contribution in [0, 0.1) is 5.92 Å². The maximum absolute atomic E-state index is 13.6. The van der Waals surface area contributed by atoms with Crippen LogP contribution in [-0.2, 0) is 11.3 Å². The number of carbonyl (C=O) groups excluding carboxylic acids is 2. The van der Waals surface area contributed by atoms with E-state index < -0.39 is 0 Å². The molecule has 1 fully saturated rings. The van der Waals surface area contributed by atoms with Crippen molar-refractivity contribution in [3.63, 3.8) is 0 Å². The van der Waals surface area contributed by atoms with Crippen LogP contribution in [0.2, 0.25) is 0 Å². The van der Waals surface area contributed by atoms with Crippen LogP contribution in [0.5, 0.6) is 0 Å². The van der Waals surface area contributed by atoms with Crippen molar-refractivity contribution in [2.75, 3.05) is 13.1 Å². The van der Waals surface area contributed by atoms with Crippen molar-refractivity contribution in [1.82, 2.24) is 14.8 Å². The second kappa shape index (κ2) is 8.59. The number of piperidine rings is 1. The van der Waals surface area contributed by atoms with E-state index in [0.29, 0.717) is 25.2 Å². The molecule has 0 saturated carbocycles. The van der Waals surface area contributed by atoms with Crippen LogP contribution in [0.25, 0.3) is 6.08 Å². The SMILES string of the molecule is O=C(N/C(=C\c1cccs1)C(=O)N1CC2CC(C1)c1cccc(=O)n1C2)c1ccccc1. The molecule has 1 aromatic carbocycles. The van der Waals surface area contributed by atoms with Crippen LogP contribution in [-0.4, -0.2) is 34.4 Å². The van der Waals surface area contributed by atoms with Crippen molar-refractivity contribution >= 4 is 29.2 Å². The number of fused-ring (bicyclic) bond motifs is 4. The third kappa shape index (κ3) is 4.03. The summed E-state index contributed by atoms with van der Waals surface area (Å²) in [5.41, 5.74) is 1.78. The van der Waals surface area contributed by atoms with Crippen molar-refractivity contribution in [2.24, 2.45) is 5.92 Å². The summed E-state index contributed by atoms with van der Waals surface area (Å²) in [4.78, 5) is 41.4. The molecule has 0 aliphatic carbocycles. The quantitative estimate of drug-likeness (QED) is 0.627. The van der Waals surface area contributed by atoms with Crippen LogP contribution < -0.4 is 10.9 Å². The number of carbonyl (C=O) groups is 2. The number of thiophene rings is 1. The molecule has 2 aromatic heterocycles. The summed E-state index contributed by atoms with van der Waals surface area (Å²) in [6.45, 7) is 1.72. The second-order valence-corrected chi connectivity index (χ2v) is 9.28. The molecule has 2 atom stereocenters. The van der Waals surface area contributed by atoms with E-state index in [9.17, 15) is 14.4 Å². The van der Waals surface area contributed by atoms with Gasteiger partial charge in [-0.3, -0.25) is 14.4 Å². The highest BCUT2D eigenvalue weighted by Crippen LogP contribution is 2.35. The van der Waals surface area contributed by atoms with E-state index in [1.54, 1.807) is 42.5 Å². The molecule has 2 bridgehead atoms. The fourth-order valence-corrected chi connectivity index (χ4v) is 5.34. The third-order valence-electron chi connectivity index (χ3n) is 6.11. The number of hydrogen-bond donors (Lipinski definition) is 1. The molecule has 0 radical (unpaired) electrons. The molecule has 32 heavy (non-hydrogen) atoms. The average molecular weight is 446 g/mol. The third-order valence-corrected chi connectivity index (χ3v) is 6.93. The maximum Gasteiger partial charge on any atom is 0.270 e. The van der Waals surface area contributed by atoms with Gasteiger partial charge in [-0.15, -0.1) is 11.3 Å². The molecule has 6 nitrogen and oxygen atoms in total.